The minimum absolute atomic E-state index is 0.291. The molecule has 1 atom stereocenters. The van der Waals surface area contributed by atoms with Crippen molar-refractivity contribution in [3.8, 4) is 0 Å². The van der Waals surface area contributed by atoms with E-state index in [9.17, 15) is 0 Å². The number of aromatic nitrogens is 2. The topological polar surface area (TPSA) is 29.9 Å². The molecule has 3 heteroatoms. The van der Waals surface area contributed by atoms with Gasteiger partial charge >= 0.3 is 0 Å². The molecule has 0 radical (unpaired) electrons. The molecule has 1 aromatic heterocycles. The molecule has 2 aromatic rings. The van der Waals surface area contributed by atoms with Crippen molar-refractivity contribution < 1.29 is 0 Å². The third kappa shape index (κ3) is 2.73. The molecule has 0 saturated heterocycles. The number of hydrogen-bond acceptors (Lipinski definition) is 2. The minimum Gasteiger partial charge on any atom is -0.376 e. The van der Waals surface area contributed by atoms with Crippen molar-refractivity contribution in [3.05, 3.63) is 47.3 Å². The van der Waals surface area contributed by atoms with Gasteiger partial charge in [0.25, 0.3) is 0 Å². The number of anilines is 1. The Morgan fingerprint density at radius 3 is 2.78 bits per heavy atom. The maximum absolute atomic E-state index is 4.28. The molecule has 1 aromatic carbocycles. The zero-order chi connectivity index (χ0) is 13.1. The van der Waals surface area contributed by atoms with E-state index in [1.54, 1.807) is 0 Å². The van der Waals surface area contributed by atoms with E-state index < -0.39 is 0 Å². The number of nitrogens with one attached hydrogen (secondary N) is 1. The first-order valence-electron chi connectivity index (χ1n) is 6.46. The zero-order valence-electron chi connectivity index (χ0n) is 11.6. The standard InChI is InChI=1S/C15H21N3/c1-5-18-10-14(9-16-18)17-13(4)15-8-11(2)6-7-12(15)3/h6-10,13,17H,5H2,1-4H3. The lowest BCUT2D eigenvalue weighted by Crippen LogP contribution is -2.08. The first-order valence-corrected chi connectivity index (χ1v) is 6.46. The van der Waals surface area contributed by atoms with Crippen molar-refractivity contribution >= 4 is 5.69 Å². The highest BCUT2D eigenvalue weighted by Crippen LogP contribution is 2.22. The summed E-state index contributed by atoms with van der Waals surface area (Å²) in [5.74, 6) is 0. The van der Waals surface area contributed by atoms with Crippen LogP contribution < -0.4 is 5.32 Å². The fourth-order valence-corrected chi connectivity index (χ4v) is 2.17. The third-order valence-electron chi connectivity index (χ3n) is 3.24. The van der Waals surface area contributed by atoms with Gasteiger partial charge in [-0.25, -0.2) is 0 Å². The van der Waals surface area contributed by atoms with Crippen molar-refractivity contribution in [3.63, 3.8) is 0 Å². The lowest BCUT2D eigenvalue weighted by Gasteiger charge is -2.17. The van der Waals surface area contributed by atoms with Gasteiger partial charge in [0, 0.05) is 18.8 Å². The Bertz CT molecular complexity index is 528. The van der Waals surface area contributed by atoms with Crippen LogP contribution in [0.4, 0.5) is 5.69 Å². The molecule has 0 bridgehead atoms. The maximum Gasteiger partial charge on any atom is 0.0731 e. The molecule has 1 N–H and O–H groups in total. The van der Waals surface area contributed by atoms with Crippen LogP contribution in [-0.4, -0.2) is 9.78 Å². The van der Waals surface area contributed by atoms with Gasteiger partial charge in [0.2, 0.25) is 0 Å². The van der Waals surface area contributed by atoms with Crippen LogP contribution in [0.15, 0.2) is 30.6 Å². The molecule has 18 heavy (non-hydrogen) atoms. The van der Waals surface area contributed by atoms with Crippen LogP contribution in [0.5, 0.6) is 0 Å². The van der Waals surface area contributed by atoms with E-state index in [-0.39, 0.29) is 0 Å². The Kier molecular flexibility index (Phi) is 3.70. The number of nitrogens with zero attached hydrogens (tertiary/aromatic N) is 2. The minimum atomic E-state index is 0.291. The Balaban J connectivity index is 2.16. The molecule has 0 aliphatic carbocycles. The molecule has 0 spiro atoms. The molecular formula is C15H21N3. The molecule has 1 unspecified atom stereocenters. The third-order valence-corrected chi connectivity index (χ3v) is 3.24. The van der Waals surface area contributed by atoms with Gasteiger partial charge in [-0.2, -0.15) is 5.10 Å². The first kappa shape index (κ1) is 12.7. The van der Waals surface area contributed by atoms with E-state index in [0.717, 1.165) is 12.2 Å². The highest BCUT2D eigenvalue weighted by Gasteiger charge is 2.09. The van der Waals surface area contributed by atoms with E-state index in [1.807, 2.05) is 17.1 Å². The highest BCUT2D eigenvalue weighted by molar-refractivity contribution is 5.43. The first-order chi connectivity index (χ1) is 8.60. The Morgan fingerprint density at radius 2 is 2.11 bits per heavy atom. The van der Waals surface area contributed by atoms with Crippen LogP contribution in [0.2, 0.25) is 0 Å². The van der Waals surface area contributed by atoms with Crippen molar-refractivity contribution in [1.29, 1.82) is 0 Å². The van der Waals surface area contributed by atoms with Gasteiger partial charge in [0.15, 0.2) is 0 Å². The van der Waals surface area contributed by atoms with Crippen LogP contribution in [0, 0.1) is 13.8 Å². The Morgan fingerprint density at radius 1 is 1.33 bits per heavy atom. The molecule has 0 amide bonds. The fraction of sp³-hybridized carbons (Fsp3) is 0.400. The smallest absolute Gasteiger partial charge is 0.0731 e. The van der Waals surface area contributed by atoms with E-state index in [1.165, 1.54) is 16.7 Å². The number of benzene rings is 1. The summed E-state index contributed by atoms with van der Waals surface area (Å²) in [7, 11) is 0. The number of rotatable bonds is 4. The SMILES string of the molecule is CCn1cc(NC(C)c2cc(C)ccc2C)cn1. The number of aryl methyl sites for hydroxylation is 3. The summed E-state index contributed by atoms with van der Waals surface area (Å²) in [4.78, 5) is 0. The second-order valence-electron chi connectivity index (χ2n) is 4.81. The lowest BCUT2D eigenvalue weighted by atomic mass is 10.00. The molecule has 0 aliphatic heterocycles. The summed E-state index contributed by atoms with van der Waals surface area (Å²) in [5, 5.41) is 7.77. The summed E-state index contributed by atoms with van der Waals surface area (Å²) in [6.07, 6.45) is 3.92. The zero-order valence-corrected chi connectivity index (χ0v) is 11.6. The summed E-state index contributed by atoms with van der Waals surface area (Å²) in [6, 6.07) is 6.87. The van der Waals surface area contributed by atoms with E-state index in [4.69, 9.17) is 0 Å². The second-order valence-corrected chi connectivity index (χ2v) is 4.81. The van der Waals surface area contributed by atoms with Crippen molar-refractivity contribution in [1.82, 2.24) is 9.78 Å². The van der Waals surface area contributed by atoms with Gasteiger partial charge in [-0.05, 0) is 38.8 Å². The summed E-state index contributed by atoms with van der Waals surface area (Å²) in [5.41, 5.74) is 5.04. The highest BCUT2D eigenvalue weighted by atomic mass is 15.3. The van der Waals surface area contributed by atoms with Gasteiger partial charge in [-0.1, -0.05) is 23.8 Å². The van der Waals surface area contributed by atoms with Crippen molar-refractivity contribution in [2.75, 3.05) is 5.32 Å². The van der Waals surface area contributed by atoms with E-state index in [0.29, 0.717) is 6.04 Å². The monoisotopic (exact) mass is 243 g/mol. The average Bonchev–Trinajstić information content (AvgIpc) is 2.80. The number of hydrogen-bond donors (Lipinski definition) is 1. The van der Waals surface area contributed by atoms with Gasteiger partial charge in [0.05, 0.1) is 11.9 Å². The van der Waals surface area contributed by atoms with Crippen LogP contribution in [0.3, 0.4) is 0 Å². The largest absolute Gasteiger partial charge is 0.376 e. The van der Waals surface area contributed by atoms with Gasteiger partial charge < -0.3 is 5.32 Å². The molecule has 1 heterocycles. The summed E-state index contributed by atoms with van der Waals surface area (Å²) < 4.78 is 1.93. The molecule has 3 nitrogen and oxygen atoms in total. The molecule has 96 valence electrons. The summed E-state index contributed by atoms with van der Waals surface area (Å²) in [6.45, 7) is 9.46. The van der Waals surface area contributed by atoms with E-state index in [2.05, 4.69) is 56.3 Å². The lowest BCUT2D eigenvalue weighted by molar-refractivity contribution is 0.660. The maximum atomic E-state index is 4.28. The van der Waals surface area contributed by atoms with Gasteiger partial charge in [-0.15, -0.1) is 0 Å². The van der Waals surface area contributed by atoms with Crippen LogP contribution in [-0.2, 0) is 6.54 Å². The molecule has 2 rings (SSSR count). The van der Waals surface area contributed by atoms with Crippen LogP contribution in [0.1, 0.15) is 36.6 Å². The van der Waals surface area contributed by atoms with Crippen molar-refractivity contribution in [2.24, 2.45) is 0 Å². The normalized spacial score (nSPS) is 12.4. The molecular weight excluding hydrogens is 222 g/mol. The quantitative estimate of drug-likeness (QED) is 0.887. The molecule has 0 fully saturated rings. The Hall–Kier alpha value is -1.77. The fourth-order valence-electron chi connectivity index (χ4n) is 2.17. The second kappa shape index (κ2) is 5.25. The predicted octanol–water partition coefficient (Wildman–Crippen LogP) is 3.69. The predicted molar refractivity (Wildman–Crippen MR) is 75.9 cm³/mol. The van der Waals surface area contributed by atoms with Crippen LogP contribution >= 0.6 is 0 Å². The average molecular weight is 243 g/mol. The Labute approximate surface area is 109 Å². The molecule has 0 aliphatic rings. The van der Waals surface area contributed by atoms with E-state index >= 15 is 0 Å². The van der Waals surface area contributed by atoms with Gasteiger partial charge in [-0.3, -0.25) is 4.68 Å². The van der Waals surface area contributed by atoms with Gasteiger partial charge in [0.1, 0.15) is 0 Å². The van der Waals surface area contributed by atoms with Crippen molar-refractivity contribution in [2.45, 2.75) is 40.3 Å². The molecule has 0 saturated carbocycles. The summed E-state index contributed by atoms with van der Waals surface area (Å²) >= 11 is 0. The van der Waals surface area contributed by atoms with Crippen LogP contribution in [0.25, 0.3) is 0 Å².